The molecule has 1 unspecified atom stereocenters. The lowest BCUT2D eigenvalue weighted by Gasteiger charge is -2.09. The van der Waals surface area contributed by atoms with Gasteiger partial charge in [0, 0.05) is 5.69 Å². The van der Waals surface area contributed by atoms with E-state index in [4.69, 9.17) is 0 Å². The van der Waals surface area contributed by atoms with Crippen LogP contribution in [0.15, 0.2) is 41.6 Å². The first-order valence-electron chi connectivity index (χ1n) is 5.29. The highest BCUT2D eigenvalue weighted by Gasteiger charge is 2.15. The summed E-state index contributed by atoms with van der Waals surface area (Å²) in [6.45, 7) is 1.61. The Kier molecular flexibility index (Phi) is 3.35. The Bertz CT molecular complexity index is 621. The van der Waals surface area contributed by atoms with Crippen LogP contribution in [-0.2, 0) is 10.0 Å². The lowest BCUT2D eigenvalue weighted by Crippen LogP contribution is -2.13. The van der Waals surface area contributed by atoms with Crippen LogP contribution in [-0.4, -0.2) is 23.7 Å². The van der Waals surface area contributed by atoms with Crippen LogP contribution >= 0.6 is 0 Å². The molecule has 1 aromatic carbocycles. The van der Waals surface area contributed by atoms with E-state index in [1.54, 1.807) is 31.2 Å². The number of benzene rings is 1. The van der Waals surface area contributed by atoms with Gasteiger partial charge in [-0.25, -0.2) is 0 Å². The van der Waals surface area contributed by atoms with Gasteiger partial charge >= 0.3 is 0 Å². The Balaban J connectivity index is 2.27. The lowest BCUT2D eigenvalue weighted by molar-refractivity contribution is 0.199. The topological polar surface area (TPSA) is 95.1 Å². The summed E-state index contributed by atoms with van der Waals surface area (Å²) >= 11 is 0. The SMILES string of the molecule is CC(O)c1cccc(NS(=O)(=O)c2ccn[nH]2)c1. The standard InChI is InChI=1S/C11H13N3O3S/c1-8(15)9-3-2-4-10(7-9)14-18(16,17)11-5-6-12-13-11/h2-8,14-15H,1H3,(H,12,13). The van der Waals surface area contributed by atoms with Crippen molar-refractivity contribution < 1.29 is 13.5 Å². The van der Waals surface area contributed by atoms with Crippen LogP contribution in [0.1, 0.15) is 18.6 Å². The molecular weight excluding hydrogens is 254 g/mol. The van der Waals surface area contributed by atoms with E-state index in [-0.39, 0.29) is 5.03 Å². The predicted molar refractivity (Wildman–Crippen MR) is 66.5 cm³/mol. The molecule has 2 aromatic rings. The molecule has 0 spiro atoms. The number of hydrogen-bond acceptors (Lipinski definition) is 4. The number of aromatic nitrogens is 2. The maximum absolute atomic E-state index is 11.9. The Morgan fingerprint density at radius 2 is 2.17 bits per heavy atom. The van der Waals surface area contributed by atoms with E-state index in [9.17, 15) is 13.5 Å². The number of sulfonamides is 1. The lowest BCUT2D eigenvalue weighted by atomic mass is 10.1. The minimum atomic E-state index is -3.66. The van der Waals surface area contributed by atoms with Crippen molar-refractivity contribution in [2.75, 3.05) is 4.72 Å². The summed E-state index contributed by atoms with van der Waals surface area (Å²) in [7, 11) is -3.66. The second-order valence-corrected chi connectivity index (χ2v) is 5.48. The van der Waals surface area contributed by atoms with E-state index in [1.165, 1.54) is 12.3 Å². The van der Waals surface area contributed by atoms with Crippen molar-refractivity contribution in [2.45, 2.75) is 18.1 Å². The van der Waals surface area contributed by atoms with Gasteiger partial charge in [0.05, 0.1) is 12.3 Å². The first kappa shape index (κ1) is 12.6. The molecular formula is C11H13N3O3S. The summed E-state index contributed by atoms with van der Waals surface area (Å²) in [4.78, 5) is 0. The van der Waals surface area contributed by atoms with E-state index >= 15 is 0 Å². The molecule has 1 aromatic heterocycles. The van der Waals surface area contributed by atoms with E-state index in [2.05, 4.69) is 14.9 Å². The zero-order valence-electron chi connectivity index (χ0n) is 9.66. The number of nitrogens with one attached hydrogen (secondary N) is 2. The van der Waals surface area contributed by atoms with Gasteiger partial charge in [-0.1, -0.05) is 12.1 Å². The highest BCUT2D eigenvalue weighted by Crippen LogP contribution is 2.19. The molecule has 2 rings (SSSR count). The summed E-state index contributed by atoms with van der Waals surface area (Å²) < 4.78 is 26.2. The van der Waals surface area contributed by atoms with Crippen LogP contribution in [0.2, 0.25) is 0 Å². The van der Waals surface area contributed by atoms with Crippen molar-refractivity contribution in [3.05, 3.63) is 42.1 Å². The highest BCUT2D eigenvalue weighted by atomic mass is 32.2. The summed E-state index contributed by atoms with van der Waals surface area (Å²) in [6.07, 6.45) is 0.711. The first-order valence-corrected chi connectivity index (χ1v) is 6.77. The van der Waals surface area contributed by atoms with Gasteiger partial charge in [-0.3, -0.25) is 9.82 Å². The molecule has 0 fully saturated rings. The fraction of sp³-hybridized carbons (Fsp3) is 0.182. The van der Waals surface area contributed by atoms with Gasteiger partial charge in [0.1, 0.15) is 0 Å². The molecule has 96 valence electrons. The second kappa shape index (κ2) is 4.79. The van der Waals surface area contributed by atoms with Crippen LogP contribution in [0.3, 0.4) is 0 Å². The average Bonchev–Trinajstić information content (AvgIpc) is 2.82. The van der Waals surface area contributed by atoms with E-state index in [1.807, 2.05) is 0 Å². The third kappa shape index (κ3) is 2.69. The quantitative estimate of drug-likeness (QED) is 0.777. The normalized spacial score (nSPS) is 13.2. The zero-order chi connectivity index (χ0) is 13.2. The van der Waals surface area contributed by atoms with Crippen molar-refractivity contribution in [1.29, 1.82) is 0 Å². The van der Waals surface area contributed by atoms with Crippen molar-refractivity contribution >= 4 is 15.7 Å². The Labute approximate surface area is 105 Å². The summed E-state index contributed by atoms with van der Waals surface area (Å²) in [5, 5.41) is 15.4. The van der Waals surface area contributed by atoms with Crippen molar-refractivity contribution in [1.82, 2.24) is 10.2 Å². The monoisotopic (exact) mass is 267 g/mol. The molecule has 3 N–H and O–H groups in total. The third-order valence-electron chi connectivity index (χ3n) is 2.39. The fourth-order valence-electron chi connectivity index (χ4n) is 1.46. The van der Waals surface area contributed by atoms with Gasteiger partial charge in [-0.15, -0.1) is 0 Å². The number of H-pyrrole nitrogens is 1. The van der Waals surface area contributed by atoms with Crippen molar-refractivity contribution in [2.24, 2.45) is 0 Å². The van der Waals surface area contributed by atoms with Crippen LogP contribution in [0.25, 0.3) is 0 Å². The number of anilines is 1. The number of rotatable bonds is 4. The molecule has 0 radical (unpaired) electrons. The maximum atomic E-state index is 11.9. The Morgan fingerprint density at radius 1 is 1.39 bits per heavy atom. The summed E-state index contributed by atoms with van der Waals surface area (Å²) in [6, 6.07) is 7.95. The summed E-state index contributed by atoms with van der Waals surface area (Å²) in [5.41, 5.74) is 1.03. The molecule has 0 aliphatic rings. The third-order valence-corrected chi connectivity index (χ3v) is 3.70. The van der Waals surface area contributed by atoms with Crippen molar-refractivity contribution in [3.63, 3.8) is 0 Å². The Morgan fingerprint density at radius 3 is 2.78 bits per heavy atom. The van der Waals surface area contributed by atoms with Crippen molar-refractivity contribution in [3.8, 4) is 0 Å². The van der Waals surface area contributed by atoms with Gasteiger partial charge in [-0.2, -0.15) is 13.5 Å². The number of aliphatic hydroxyl groups is 1. The molecule has 0 aliphatic carbocycles. The molecule has 0 aliphatic heterocycles. The van der Waals surface area contributed by atoms with Crippen LogP contribution in [0.5, 0.6) is 0 Å². The van der Waals surface area contributed by atoms with Gasteiger partial charge in [0.2, 0.25) is 0 Å². The number of aliphatic hydroxyl groups excluding tert-OH is 1. The molecule has 1 heterocycles. The van der Waals surface area contributed by atoms with Gasteiger partial charge in [0.15, 0.2) is 5.03 Å². The molecule has 0 bridgehead atoms. The van der Waals surface area contributed by atoms with Crippen LogP contribution in [0.4, 0.5) is 5.69 Å². The largest absolute Gasteiger partial charge is 0.389 e. The smallest absolute Gasteiger partial charge is 0.278 e. The molecule has 0 saturated carbocycles. The molecule has 0 saturated heterocycles. The number of hydrogen-bond donors (Lipinski definition) is 3. The molecule has 18 heavy (non-hydrogen) atoms. The van der Waals surface area contributed by atoms with E-state index in [0.29, 0.717) is 11.3 Å². The zero-order valence-corrected chi connectivity index (χ0v) is 10.5. The molecule has 6 nitrogen and oxygen atoms in total. The average molecular weight is 267 g/mol. The molecule has 0 amide bonds. The van der Waals surface area contributed by atoms with Crippen LogP contribution in [0, 0.1) is 0 Å². The summed E-state index contributed by atoms with van der Waals surface area (Å²) in [5.74, 6) is 0. The van der Waals surface area contributed by atoms with E-state index in [0.717, 1.165) is 0 Å². The van der Waals surface area contributed by atoms with Crippen LogP contribution < -0.4 is 4.72 Å². The van der Waals surface area contributed by atoms with Gasteiger partial charge in [0.25, 0.3) is 10.0 Å². The minimum Gasteiger partial charge on any atom is -0.389 e. The molecule has 1 atom stereocenters. The fourth-order valence-corrected chi connectivity index (χ4v) is 2.43. The van der Waals surface area contributed by atoms with E-state index < -0.39 is 16.1 Å². The number of aromatic amines is 1. The van der Waals surface area contributed by atoms with Gasteiger partial charge in [-0.05, 0) is 30.7 Å². The predicted octanol–water partition coefficient (Wildman–Crippen LogP) is 1.26. The highest BCUT2D eigenvalue weighted by molar-refractivity contribution is 7.92. The minimum absolute atomic E-state index is 0.00931. The van der Waals surface area contributed by atoms with Gasteiger partial charge < -0.3 is 5.11 Å². The number of nitrogens with zero attached hydrogens (tertiary/aromatic N) is 1. The maximum Gasteiger partial charge on any atom is 0.278 e. The first-order chi connectivity index (χ1) is 8.49. The molecule has 7 heteroatoms. The second-order valence-electron chi connectivity index (χ2n) is 3.83. The Hall–Kier alpha value is -1.86.